The number of halogens is 3. The van der Waals surface area contributed by atoms with Crippen LogP contribution in [-0.2, 0) is 9.53 Å². The number of hydrogen-bond donors (Lipinski definition) is 2. The molecule has 0 aromatic heterocycles. The van der Waals surface area contributed by atoms with Crippen molar-refractivity contribution in [1.29, 1.82) is 0 Å². The van der Waals surface area contributed by atoms with Gasteiger partial charge in [0, 0.05) is 57.7 Å². The van der Waals surface area contributed by atoms with Crippen LogP contribution in [0.5, 0.6) is 0 Å². The van der Waals surface area contributed by atoms with Gasteiger partial charge in [-0.15, -0.1) is 37.2 Å². The van der Waals surface area contributed by atoms with E-state index in [9.17, 15) is 4.79 Å². The summed E-state index contributed by atoms with van der Waals surface area (Å²) in [4.78, 5) is 17.3. The van der Waals surface area contributed by atoms with Gasteiger partial charge in [-0.05, 0) is 31.9 Å². The summed E-state index contributed by atoms with van der Waals surface area (Å²) in [6, 6.07) is 10.8. The van der Waals surface area contributed by atoms with Gasteiger partial charge in [0.15, 0.2) is 0 Å². The summed E-state index contributed by atoms with van der Waals surface area (Å²) in [7, 11) is 0. The number of ether oxygens (including phenoxy) is 1. The highest BCUT2D eigenvalue weighted by atomic mass is 35.5. The summed E-state index contributed by atoms with van der Waals surface area (Å²) in [5.41, 5.74) is 6.76. The van der Waals surface area contributed by atoms with Gasteiger partial charge in [0.25, 0.3) is 0 Å². The van der Waals surface area contributed by atoms with Crippen molar-refractivity contribution in [3.63, 3.8) is 0 Å². The topological polar surface area (TPSA) is 70.8 Å². The summed E-state index contributed by atoms with van der Waals surface area (Å²) >= 11 is 0. The number of benzene rings is 1. The van der Waals surface area contributed by atoms with E-state index in [1.807, 2.05) is 6.07 Å². The largest absolute Gasteiger partial charge is 0.381 e. The molecule has 1 unspecified atom stereocenters. The fourth-order valence-electron chi connectivity index (χ4n) is 3.57. The number of carbonyl (C=O) groups is 1. The third-order valence-corrected chi connectivity index (χ3v) is 5.45. The number of hydrogen-bond acceptors (Lipinski definition) is 5. The molecule has 2 saturated heterocycles. The van der Waals surface area contributed by atoms with E-state index in [1.54, 1.807) is 0 Å². The molecule has 6 nitrogen and oxygen atoms in total. The first-order valence-corrected chi connectivity index (χ1v) is 9.27. The van der Waals surface area contributed by atoms with E-state index in [4.69, 9.17) is 10.5 Å². The van der Waals surface area contributed by atoms with Crippen LogP contribution in [0.1, 0.15) is 19.8 Å². The molecule has 3 rings (SSSR count). The highest BCUT2D eigenvalue weighted by molar-refractivity contribution is 5.86. The molecule has 2 aliphatic rings. The molecule has 1 aromatic carbocycles. The lowest BCUT2D eigenvalue weighted by Gasteiger charge is -2.39. The number of nitrogens with zero attached hydrogens (tertiary/aromatic N) is 2. The van der Waals surface area contributed by atoms with Crippen molar-refractivity contribution < 1.29 is 9.53 Å². The predicted octanol–water partition coefficient (Wildman–Crippen LogP) is 2.09. The molecule has 2 fully saturated rings. The molecular formula is C19H33Cl3N4O2. The lowest BCUT2D eigenvalue weighted by molar-refractivity contribution is -0.130. The zero-order chi connectivity index (χ0) is 17.7. The Labute approximate surface area is 186 Å². The third-order valence-electron chi connectivity index (χ3n) is 5.45. The molecule has 3 N–H and O–H groups in total. The average Bonchev–Trinajstić information content (AvgIpc) is 2.67. The maximum Gasteiger partial charge on any atom is 0.240 e. The number of amides is 1. The molecule has 0 spiro atoms. The number of carbonyl (C=O) groups excluding carboxylic acids is 1. The summed E-state index contributed by atoms with van der Waals surface area (Å²) in [6.07, 6.45) is 1.20. The fraction of sp³-hybridized carbons (Fsp3) is 0.632. The van der Waals surface area contributed by atoms with Gasteiger partial charge < -0.3 is 20.7 Å². The second kappa shape index (κ2) is 12.7. The molecule has 0 aliphatic carbocycles. The van der Waals surface area contributed by atoms with Gasteiger partial charge in [-0.25, -0.2) is 0 Å². The highest BCUT2D eigenvalue weighted by Gasteiger charge is 2.36. The average molecular weight is 456 g/mol. The molecule has 2 heterocycles. The van der Waals surface area contributed by atoms with Crippen molar-refractivity contribution >= 4 is 48.8 Å². The van der Waals surface area contributed by atoms with E-state index in [0.717, 1.165) is 26.2 Å². The minimum absolute atomic E-state index is 0. The van der Waals surface area contributed by atoms with Crippen LogP contribution in [0, 0.1) is 0 Å². The Morgan fingerprint density at radius 3 is 2.25 bits per heavy atom. The van der Waals surface area contributed by atoms with Gasteiger partial charge in [0.1, 0.15) is 0 Å². The van der Waals surface area contributed by atoms with Crippen molar-refractivity contribution in [2.24, 2.45) is 5.73 Å². The van der Waals surface area contributed by atoms with Crippen LogP contribution < -0.4 is 16.0 Å². The Bertz CT molecular complexity index is 566. The number of anilines is 1. The smallest absolute Gasteiger partial charge is 0.240 e. The van der Waals surface area contributed by atoms with Crippen molar-refractivity contribution in [2.75, 3.05) is 50.8 Å². The first-order chi connectivity index (χ1) is 12.1. The second-order valence-electron chi connectivity index (χ2n) is 7.19. The normalized spacial score (nSPS) is 20.0. The van der Waals surface area contributed by atoms with E-state index in [2.05, 4.69) is 46.3 Å². The summed E-state index contributed by atoms with van der Waals surface area (Å²) in [5.74, 6) is -0.0365. The van der Waals surface area contributed by atoms with Gasteiger partial charge in [-0.1, -0.05) is 18.2 Å². The molecule has 28 heavy (non-hydrogen) atoms. The van der Waals surface area contributed by atoms with Crippen molar-refractivity contribution in [3.8, 4) is 0 Å². The van der Waals surface area contributed by atoms with Crippen molar-refractivity contribution in [1.82, 2.24) is 10.2 Å². The Kier molecular flexibility index (Phi) is 12.4. The second-order valence-corrected chi connectivity index (χ2v) is 7.19. The summed E-state index contributed by atoms with van der Waals surface area (Å²) < 4.78 is 5.31. The maximum atomic E-state index is 12.4. The Morgan fingerprint density at radius 2 is 1.68 bits per heavy atom. The zero-order valence-corrected chi connectivity index (χ0v) is 18.8. The van der Waals surface area contributed by atoms with Crippen LogP contribution in [0.4, 0.5) is 5.69 Å². The standard InChI is InChI=1S/C19H30N4O2.3ClH/c1-16(15-21-18(24)19(20)7-13-25-14-8-19)22-9-11-23(12-10-22)17-5-3-2-4-6-17;;;/h2-6,16H,7-15,20H2,1H3,(H,21,24);3*1H. The molecule has 9 heteroatoms. The van der Waals surface area contributed by atoms with Crippen LogP contribution >= 0.6 is 37.2 Å². The minimum atomic E-state index is -0.760. The van der Waals surface area contributed by atoms with E-state index >= 15 is 0 Å². The lowest BCUT2D eigenvalue weighted by atomic mass is 9.90. The summed E-state index contributed by atoms with van der Waals surface area (Å²) in [6.45, 7) is 8.00. The van der Waals surface area contributed by atoms with Gasteiger partial charge in [-0.2, -0.15) is 0 Å². The summed E-state index contributed by atoms with van der Waals surface area (Å²) in [5, 5.41) is 3.06. The minimum Gasteiger partial charge on any atom is -0.381 e. The molecule has 1 aromatic rings. The van der Waals surface area contributed by atoms with E-state index < -0.39 is 5.54 Å². The first kappa shape index (κ1) is 27.2. The Balaban J connectivity index is 0.00000243. The monoisotopic (exact) mass is 454 g/mol. The number of rotatable bonds is 5. The molecule has 1 amide bonds. The molecule has 162 valence electrons. The highest BCUT2D eigenvalue weighted by Crippen LogP contribution is 2.18. The van der Waals surface area contributed by atoms with Crippen LogP contribution in [0.2, 0.25) is 0 Å². The number of piperazine rings is 1. The number of nitrogens with two attached hydrogens (primary N) is 1. The van der Waals surface area contributed by atoms with Crippen LogP contribution in [0.25, 0.3) is 0 Å². The maximum absolute atomic E-state index is 12.4. The van der Waals surface area contributed by atoms with Crippen LogP contribution in [0.3, 0.4) is 0 Å². The van der Waals surface area contributed by atoms with Crippen molar-refractivity contribution in [2.45, 2.75) is 31.3 Å². The van der Waals surface area contributed by atoms with Gasteiger partial charge in [-0.3, -0.25) is 9.69 Å². The van der Waals surface area contributed by atoms with Gasteiger partial charge in [0.2, 0.25) is 5.91 Å². The number of para-hydroxylation sites is 1. The number of nitrogens with one attached hydrogen (secondary N) is 1. The van der Waals surface area contributed by atoms with Crippen LogP contribution in [-0.4, -0.2) is 68.3 Å². The first-order valence-electron chi connectivity index (χ1n) is 9.27. The third kappa shape index (κ3) is 6.94. The van der Waals surface area contributed by atoms with Gasteiger partial charge >= 0.3 is 0 Å². The Hall–Kier alpha value is -0.760. The van der Waals surface area contributed by atoms with Gasteiger partial charge in [0.05, 0.1) is 5.54 Å². The zero-order valence-electron chi connectivity index (χ0n) is 16.3. The van der Waals surface area contributed by atoms with E-state index in [0.29, 0.717) is 38.6 Å². The van der Waals surface area contributed by atoms with E-state index in [-0.39, 0.29) is 43.1 Å². The molecule has 0 radical (unpaired) electrons. The molecule has 0 saturated carbocycles. The SMILES string of the molecule is CC(CNC(=O)C1(N)CCOCC1)N1CCN(c2ccccc2)CC1.Cl.Cl.Cl. The molecular weight excluding hydrogens is 423 g/mol. The van der Waals surface area contributed by atoms with Crippen molar-refractivity contribution in [3.05, 3.63) is 30.3 Å². The lowest BCUT2D eigenvalue weighted by Crippen LogP contribution is -2.59. The predicted molar refractivity (Wildman–Crippen MR) is 121 cm³/mol. The quantitative estimate of drug-likeness (QED) is 0.711. The molecule has 2 aliphatic heterocycles. The Morgan fingerprint density at radius 1 is 1.11 bits per heavy atom. The van der Waals surface area contributed by atoms with Crippen LogP contribution in [0.15, 0.2) is 30.3 Å². The molecule has 0 bridgehead atoms. The molecule has 1 atom stereocenters. The van der Waals surface area contributed by atoms with E-state index in [1.165, 1.54) is 5.69 Å². The fourth-order valence-corrected chi connectivity index (χ4v) is 3.57.